The van der Waals surface area contributed by atoms with E-state index in [9.17, 15) is 8.78 Å². The van der Waals surface area contributed by atoms with Crippen molar-refractivity contribution in [2.24, 2.45) is 0 Å². The van der Waals surface area contributed by atoms with Crippen LogP contribution in [0.15, 0.2) is 40.8 Å². The van der Waals surface area contributed by atoms with Crippen molar-refractivity contribution >= 4 is 16.8 Å². The Kier molecular flexibility index (Phi) is 3.46. The Bertz CT molecular complexity index is 856. The lowest BCUT2D eigenvalue weighted by molar-refractivity contribution is 0.508. The summed E-state index contributed by atoms with van der Waals surface area (Å²) in [5.74, 6) is -1.51. The van der Waals surface area contributed by atoms with Crippen LogP contribution >= 0.6 is 0 Å². The van der Waals surface area contributed by atoms with Gasteiger partial charge in [0.2, 0.25) is 5.89 Å². The van der Waals surface area contributed by atoms with Gasteiger partial charge in [-0.25, -0.2) is 13.8 Å². The molecular weight excluding hydrogens is 300 g/mol. The predicted octanol–water partition coefficient (Wildman–Crippen LogP) is 3.18. The topological polar surface area (TPSA) is 41.3 Å². The Balaban J connectivity index is 1.71. The van der Waals surface area contributed by atoms with Crippen molar-refractivity contribution in [1.82, 2.24) is 10.3 Å². The molecule has 3 aromatic rings. The second-order valence-electron chi connectivity index (χ2n) is 5.54. The summed E-state index contributed by atoms with van der Waals surface area (Å²) >= 11 is 0. The second-order valence-corrected chi connectivity index (χ2v) is 5.54. The maximum atomic E-state index is 13.4. The Hall–Kier alpha value is -2.47. The molecule has 0 aliphatic carbocycles. The van der Waals surface area contributed by atoms with Crippen LogP contribution in [0.1, 0.15) is 0 Å². The van der Waals surface area contributed by atoms with Crippen LogP contribution in [0.25, 0.3) is 22.6 Å². The summed E-state index contributed by atoms with van der Waals surface area (Å²) in [4.78, 5) is 6.69. The highest BCUT2D eigenvalue weighted by molar-refractivity contribution is 5.80. The normalized spacial score (nSPS) is 15.3. The molecule has 23 heavy (non-hydrogen) atoms. The number of oxazole rings is 1. The molecular formula is C17H15F2N3O. The summed E-state index contributed by atoms with van der Waals surface area (Å²) in [7, 11) is 0. The third-order valence-corrected chi connectivity index (χ3v) is 4.02. The lowest BCUT2D eigenvalue weighted by atomic mass is 10.2. The largest absolute Gasteiger partial charge is 0.436 e. The van der Waals surface area contributed by atoms with Gasteiger partial charge in [-0.2, -0.15) is 0 Å². The summed E-state index contributed by atoms with van der Waals surface area (Å²) < 4.78 is 32.1. The first-order valence-corrected chi connectivity index (χ1v) is 7.52. The molecule has 4 rings (SSSR count). The average molecular weight is 315 g/mol. The van der Waals surface area contributed by atoms with Crippen LogP contribution in [-0.2, 0) is 0 Å². The highest BCUT2D eigenvalue weighted by atomic mass is 19.2. The van der Waals surface area contributed by atoms with Gasteiger partial charge in [0.25, 0.3) is 0 Å². The smallest absolute Gasteiger partial charge is 0.227 e. The van der Waals surface area contributed by atoms with E-state index in [1.54, 1.807) is 0 Å². The monoisotopic (exact) mass is 315 g/mol. The van der Waals surface area contributed by atoms with Crippen molar-refractivity contribution in [3.05, 3.63) is 48.0 Å². The minimum absolute atomic E-state index is 0.288. The van der Waals surface area contributed by atoms with Gasteiger partial charge >= 0.3 is 0 Å². The SMILES string of the molecule is Fc1ccc(-c2nc3cc(N4CCNCC4)ccc3o2)cc1F. The first-order valence-electron chi connectivity index (χ1n) is 7.52. The van der Waals surface area contributed by atoms with Crippen molar-refractivity contribution in [1.29, 1.82) is 0 Å². The maximum absolute atomic E-state index is 13.4. The fraction of sp³-hybridized carbons (Fsp3) is 0.235. The van der Waals surface area contributed by atoms with Crippen molar-refractivity contribution < 1.29 is 13.2 Å². The number of aromatic nitrogens is 1. The number of nitrogens with zero attached hydrogens (tertiary/aromatic N) is 2. The molecule has 0 atom stereocenters. The van der Waals surface area contributed by atoms with E-state index in [4.69, 9.17) is 4.42 Å². The highest BCUT2D eigenvalue weighted by Crippen LogP contribution is 2.28. The van der Waals surface area contributed by atoms with E-state index in [1.807, 2.05) is 18.2 Å². The van der Waals surface area contributed by atoms with E-state index in [1.165, 1.54) is 6.07 Å². The molecule has 1 saturated heterocycles. The molecule has 1 fully saturated rings. The fourth-order valence-corrected chi connectivity index (χ4v) is 2.79. The zero-order chi connectivity index (χ0) is 15.8. The van der Waals surface area contributed by atoms with Crippen LogP contribution in [0.4, 0.5) is 14.5 Å². The lowest BCUT2D eigenvalue weighted by Gasteiger charge is -2.29. The van der Waals surface area contributed by atoms with Crippen LogP contribution in [0, 0.1) is 11.6 Å². The van der Waals surface area contributed by atoms with E-state index in [0.717, 1.165) is 44.0 Å². The molecule has 0 spiro atoms. The maximum Gasteiger partial charge on any atom is 0.227 e. The molecule has 2 aromatic carbocycles. The Morgan fingerprint density at radius 1 is 1.00 bits per heavy atom. The van der Waals surface area contributed by atoms with Crippen LogP contribution < -0.4 is 10.2 Å². The zero-order valence-corrected chi connectivity index (χ0v) is 12.4. The number of anilines is 1. The number of hydrogen-bond donors (Lipinski definition) is 1. The second kappa shape index (κ2) is 5.62. The average Bonchev–Trinajstić information content (AvgIpc) is 3.01. The van der Waals surface area contributed by atoms with Crippen LogP contribution in [0.3, 0.4) is 0 Å². The van der Waals surface area contributed by atoms with Gasteiger partial charge in [0.1, 0.15) is 5.52 Å². The first kappa shape index (κ1) is 14.1. The Morgan fingerprint density at radius 3 is 2.61 bits per heavy atom. The van der Waals surface area contributed by atoms with Gasteiger partial charge in [-0.1, -0.05) is 0 Å². The minimum atomic E-state index is -0.911. The van der Waals surface area contributed by atoms with E-state index in [0.29, 0.717) is 16.7 Å². The first-order chi connectivity index (χ1) is 11.2. The molecule has 1 aliphatic rings. The molecule has 0 saturated carbocycles. The van der Waals surface area contributed by atoms with Gasteiger partial charge in [0, 0.05) is 37.4 Å². The van der Waals surface area contributed by atoms with Gasteiger partial charge in [-0.05, 0) is 36.4 Å². The third-order valence-electron chi connectivity index (χ3n) is 4.02. The molecule has 0 amide bonds. The Labute approximate surface area is 131 Å². The molecule has 6 heteroatoms. The van der Waals surface area contributed by atoms with Gasteiger partial charge in [-0.15, -0.1) is 0 Å². The summed E-state index contributed by atoms with van der Waals surface area (Å²) in [6.45, 7) is 3.80. The molecule has 4 nitrogen and oxygen atoms in total. The molecule has 0 radical (unpaired) electrons. The van der Waals surface area contributed by atoms with Gasteiger partial charge in [0.15, 0.2) is 17.2 Å². The summed E-state index contributed by atoms with van der Waals surface area (Å²) in [5, 5.41) is 3.32. The fourth-order valence-electron chi connectivity index (χ4n) is 2.79. The number of hydrogen-bond acceptors (Lipinski definition) is 4. The highest BCUT2D eigenvalue weighted by Gasteiger charge is 2.14. The summed E-state index contributed by atoms with van der Waals surface area (Å²) in [5.41, 5.74) is 2.84. The van der Waals surface area contributed by atoms with Gasteiger partial charge in [-0.3, -0.25) is 0 Å². The lowest BCUT2D eigenvalue weighted by Crippen LogP contribution is -2.43. The zero-order valence-electron chi connectivity index (χ0n) is 12.4. The number of halogens is 2. The van der Waals surface area contributed by atoms with E-state index in [2.05, 4.69) is 15.2 Å². The molecule has 0 bridgehead atoms. The van der Waals surface area contributed by atoms with E-state index in [-0.39, 0.29) is 5.89 Å². The standard InChI is InChI=1S/C17H15F2N3O/c18-13-3-1-11(9-14(13)19)17-21-15-10-12(2-4-16(15)23-17)22-7-5-20-6-8-22/h1-4,9-10,20H,5-8H2. The van der Waals surface area contributed by atoms with Crippen molar-refractivity contribution in [2.75, 3.05) is 31.1 Å². The number of benzene rings is 2. The van der Waals surface area contributed by atoms with Gasteiger partial charge < -0.3 is 14.6 Å². The van der Waals surface area contributed by atoms with Crippen molar-refractivity contribution in [3.63, 3.8) is 0 Å². The number of nitrogens with one attached hydrogen (secondary N) is 1. The molecule has 1 aliphatic heterocycles. The minimum Gasteiger partial charge on any atom is -0.436 e. The molecule has 0 unspecified atom stereocenters. The Morgan fingerprint density at radius 2 is 1.83 bits per heavy atom. The third kappa shape index (κ3) is 2.66. The molecule has 1 aromatic heterocycles. The van der Waals surface area contributed by atoms with Crippen molar-refractivity contribution in [2.45, 2.75) is 0 Å². The number of piperazine rings is 1. The van der Waals surface area contributed by atoms with E-state index >= 15 is 0 Å². The number of fused-ring (bicyclic) bond motifs is 1. The van der Waals surface area contributed by atoms with Crippen LogP contribution in [0.5, 0.6) is 0 Å². The molecule has 2 heterocycles. The summed E-state index contributed by atoms with van der Waals surface area (Å²) in [6, 6.07) is 9.45. The predicted molar refractivity (Wildman–Crippen MR) is 84.4 cm³/mol. The molecule has 1 N–H and O–H groups in total. The van der Waals surface area contributed by atoms with Crippen LogP contribution in [0.2, 0.25) is 0 Å². The quantitative estimate of drug-likeness (QED) is 0.788. The summed E-state index contributed by atoms with van der Waals surface area (Å²) in [6.07, 6.45) is 0. The van der Waals surface area contributed by atoms with Crippen LogP contribution in [-0.4, -0.2) is 31.2 Å². The van der Waals surface area contributed by atoms with Crippen molar-refractivity contribution in [3.8, 4) is 11.5 Å². The van der Waals surface area contributed by atoms with Gasteiger partial charge in [0.05, 0.1) is 0 Å². The number of rotatable bonds is 2. The molecule has 118 valence electrons. The van der Waals surface area contributed by atoms with E-state index < -0.39 is 11.6 Å².